The maximum absolute atomic E-state index is 3.98. The van der Waals surface area contributed by atoms with Gasteiger partial charge in [-0.2, -0.15) is 0 Å². The van der Waals surface area contributed by atoms with Gasteiger partial charge in [0.25, 0.3) is 0 Å². The standard InChI is InChI=1S/C24H39Br3/c25-22-7-1-4-16(13-22)19-10-20(17-5-2-8-23(26)14-17)12-21(11-19)18-6-3-9-24(27)15-18/h16-24H,1-15H2. The average molecular weight is 567 g/mol. The number of hydrogen-bond donors (Lipinski definition) is 0. The van der Waals surface area contributed by atoms with Crippen LogP contribution in [0.25, 0.3) is 0 Å². The van der Waals surface area contributed by atoms with Gasteiger partial charge < -0.3 is 0 Å². The summed E-state index contributed by atoms with van der Waals surface area (Å²) in [4.78, 5) is 2.41. The summed E-state index contributed by atoms with van der Waals surface area (Å²) in [5, 5.41) is 0. The SMILES string of the molecule is BrC1CCCC(C2CC(C3CCCC(Br)C3)CC(C3CCCC(Br)C3)C2)C1. The lowest BCUT2D eigenvalue weighted by Gasteiger charge is -2.47. The molecule has 4 fully saturated rings. The molecule has 6 atom stereocenters. The van der Waals surface area contributed by atoms with Crippen LogP contribution in [0.2, 0.25) is 0 Å². The minimum absolute atomic E-state index is 0.804. The van der Waals surface area contributed by atoms with E-state index in [0.717, 1.165) is 50.0 Å². The molecule has 0 saturated heterocycles. The first-order chi connectivity index (χ1) is 13.1. The summed E-state index contributed by atoms with van der Waals surface area (Å²) in [6.45, 7) is 0. The molecule has 0 aromatic carbocycles. The molecule has 4 aliphatic carbocycles. The van der Waals surface area contributed by atoms with E-state index in [1.54, 1.807) is 19.3 Å². The van der Waals surface area contributed by atoms with Crippen molar-refractivity contribution in [2.75, 3.05) is 0 Å². The van der Waals surface area contributed by atoms with E-state index in [4.69, 9.17) is 0 Å². The minimum atomic E-state index is 0.804. The highest BCUT2D eigenvalue weighted by Gasteiger charge is 2.41. The van der Waals surface area contributed by atoms with Crippen molar-refractivity contribution in [3.05, 3.63) is 0 Å². The van der Waals surface area contributed by atoms with Crippen LogP contribution in [0.5, 0.6) is 0 Å². The lowest BCUT2D eigenvalue weighted by Crippen LogP contribution is -2.38. The number of hydrogen-bond acceptors (Lipinski definition) is 0. The van der Waals surface area contributed by atoms with Crippen molar-refractivity contribution < 1.29 is 0 Å². The highest BCUT2D eigenvalue weighted by molar-refractivity contribution is 9.10. The van der Waals surface area contributed by atoms with Gasteiger partial charge in [0.15, 0.2) is 0 Å². The van der Waals surface area contributed by atoms with Crippen molar-refractivity contribution in [3.63, 3.8) is 0 Å². The quantitative estimate of drug-likeness (QED) is 0.299. The van der Waals surface area contributed by atoms with Crippen molar-refractivity contribution in [2.45, 2.75) is 111 Å². The Morgan fingerprint density at radius 1 is 0.333 bits per heavy atom. The molecular weight excluding hydrogens is 528 g/mol. The Hall–Kier alpha value is 1.44. The first kappa shape index (κ1) is 21.7. The van der Waals surface area contributed by atoms with Crippen molar-refractivity contribution in [3.8, 4) is 0 Å². The van der Waals surface area contributed by atoms with Crippen molar-refractivity contribution in [1.29, 1.82) is 0 Å². The van der Waals surface area contributed by atoms with E-state index in [-0.39, 0.29) is 0 Å². The molecule has 0 radical (unpaired) electrons. The Morgan fingerprint density at radius 2 is 0.630 bits per heavy atom. The third-order valence-electron chi connectivity index (χ3n) is 8.77. The van der Waals surface area contributed by atoms with Crippen LogP contribution in [-0.2, 0) is 0 Å². The van der Waals surface area contributed by atoms with E-state index >= 15 is 0 Å². The van der Waals surface area contributed by atoms with Crippen LogP contribution in [0.15, 0.2) is 0 Å². The van der Waals surface area contributed by atoms with Crippen LogP contribution < -0.4 is 0 Å². The Morgan fingerprint density at radius 3 is 0.889 bits per heavy atom. The van der Waals surface area contributed by atoms with Gasteiger partial charge in [-0.15, -0.1) is 0 Å². The van der Waals surface area contributed by atoms with Crippen LogP contribution in [-0.4, -0.2) is 14.5 Å². The smallest absolute Gasteiger partial charge is 0.0148 e. The molecule has 0 amide bonds. The number of rotatable bonds is 3. The van der Waals surface area contributed by atoms with Crippen LogP contribution in [0.4, 0.5) is 0 Å². The van der Waals surface area contributed by atoms with Gasteiger partial charge >= 0.3 is 0 Å². The highest BCUT2D eigenvalue weighted by atomic mass is 79.9. The molecule has 6 unspecified atom stereocenters. The van der Waals surface area contributed by atoms with Gasteiger partial charge in [0.2, 0.25) is 0 Å². The van der Waals surface area contributed by atoms with Crippen LogP contribution in [0, 0.1) is 35.5 Å². The van der Waals surface area contributed by atoms with Gasteiger partial charge in [-0.3, -0.25) is 0 Å². The lowest BCUT2D eigenvalue weighted by atomic mass is 9.59. The van der Waals surface area contributed by atoms with Gasteiger partial charge in [0, 0.05) is 14.5 Å². The molecular formula is C24H39Br3. The zero-order valence-corrected chi connectivity index (χ0v) is 21.7. The Balaban J connectivity index is 1.47. The molecule has 27 heavy (non-hydrogen) atoms. The molecule has 0 aromatic rings. The molecule has 4 rings (SSSR count). The zero-order valence-electron chi connectivity index (χ0n) is 16.9. The van der Waals surface area contributed by atoms with Crippen LogP contribution >= 0.6 is 47.8 Å². The average Bonchev–Trinajstić information content (AvgIpc) is 2.68. The molecule has 0 nitrogen and oxygen atoms in total. The topological polar surface area (TPSA) is 0 Å². The Bertz CT molecular complexity index is 394. The molecule has 156 valence electrons. The van der Waals surface area contributed by atoms with Crippen molar-refractivity contribution in [1.82, 2.24) is 0 Å². The molecule has 3 heteroatoms. The van der Waals surface area contributed by atoms with Crippen molar-refractivity contribution >= 4 is 47.8 Å². The molecule has 0 bridgehead atoms. The summed E-state index contributed by atoms with van der Waals surface area (Å²) < 4.78 is 0. The second-order valence-corrected chi connectivity index (χ2v) is 14.4. The minimum Gasteiger partial charge on any atom is -0.0891 e. The third kappa shape index (κ3) is 5.78. The Kier molecular flexibility index (Phi) is 8.16. The monoisotopic (exact) mass is 564 g/mol. The summed E-state index contributed by atoms with van der Waals surface area (Å²) in [7, 11) is 0. The van der Waals surface area contributed by atoms with E-state index in [0.29, 0.717) is 0 Å². The van der Waals surface area contributed by atoms with Gasteiger partial charge in [-0.25, -0.2) is 0 Å². The van der Waals surface area contributed by atoms with E-state index in [1.165, 1.54) is 77.0 Å². The number of halogens is 3. The van der Waals surface area contributed by atoms with Crippen molar-refractivity contribution in [2.24, 2.45) is 35.5 Å². The van der Waals surface area contributed by atoms with E-state index < -0.39 is 0 Å². The molecule has 0 spiro atoms. The number of alkyl halides is 3. The molecule has 0 aromatic heterocycles. The maximum Gasteiger partial charge on any atom is 0.0148 e. The maximum atomic E-state index is 3.98. The highest BCUT2D eigenvalue weighted by Crippen LogP contribution is 2.51. The zero-order chi connectivity index (χ0) is 18.8. The summed E-state index contributed by atoms with van der Waals surface area (Å²) in [5.41, 5.74) is 0. The van der Waals surface area contributed by atoms with Gasteiger partial charge in [0.05, 0.1) is 0 Å². The van der Waals surface area contributed by atoms with Crippen LogP contribution in [0.3, 0.4) is 0 Å². The third-order valence-corrected chi connectivity index (χ3v) is 11.3. The molecule has 0 N–H and O–H groups in total. The first-order valence-electron chi connectivity index (χ1n) is 12.0. The fourth-order valence-electron chi connectivity index (χ4n) is 7.39. The fraction of sp³-hybridized carbons (Fsp3) is 1.00. The largest absolute Gasteiger partial charge is 0.0891 e. The second kappa shape index (κ2) is 10.2. The molecule has 0 aliphatic heterocycles. The van der Waals surface area contributed by atoms with Gasteiger partial charge in [0.1, 0.15) is 0 Å². The summed E-state index contributed by atoms with van der Waals surface area (Å²) >= 11 is 11.9. The molecule has 4 saturated carbocycles. The Labute approximate surface area is 193 Å². The summed E-state index contributed by atoms with van der Waals surface area (Å²) in [5.74, 6) is 6.13. The summed E-state index contributed by atoms with van der Waals surface area (Å²) in [6.07, 6.45) is 22.3. The lowest BCUT2D eigenvalue weighted by molar-refractivity contribution is 0.0472. The molecule has 4 aliphatic rings. The van der Waals surface area contributed by atoms with E-state index in [9.17, 15) is 0 Å². The summed E-state index contributed by atoms with van der Waals surface area (Å²) in [6, 6.07) is 0. The van der Waals surface area contributed by atoms with E-state index in [2.05, 4.69) is 47.8 Å². The molecule has 0 heterocycles. The van der Waals surface area contributed by atoms with Gasteiger partial charge in [-0.1, -0.05) is 86.3 Å². The normalized spacial score (nSPS) is 49.7. The van der Waals surface area contributed by atoms with Gasteiger partial charge in [-0.05, 0) is 93.3 Å². The van der Waals surface area contributed by atoms with E-state index in [1.807, 2.05) is 0 Å². The first-order valence-corrected chi connectivity index (χ1v) is 14.8. The fourth-order valence-corrected chi connectivity index (χ4v) is 9.80. The predicted octanol–water partition coefficient (Wildman–Crippen LogP) is 8.88. The predicted molar refractivity (Wildman–Crippen MR) is 128 cm³/mol. The van der Waals surface area contributed by atoms with Crippen LogP contribution in [0.1, 0.15) is 96.3 Å². The second-order valence-electron chi connectivity index (χ2n) is 10.6.